The van der Waals surface area contributed by atoms with Crippen LogP contribution in [0.25, 0.3) is 0 Å². The SMILES string of the molecule is CC(C)(C)N1CCN(C(CC(=N)N)c2ccccc2)CC1. The number of nitrogens with zero attached hydrogens (tertiary/aromatic N) is 2. The molecule has 4 nitrogen and oxygen atoms in total. The molecule has 0 spiro atoms. The Kier molecular flexibility index (Phi) is 5.01. The van der Waals surface area contributed by atoms with E-state index in [4.69, 9.17) is 11.1 Å². The van der Waals surface area contributed by atoms with Crippen LogP contribution >= 0.6 is 0 Å². The number of rotatable bonds is 4. The molecule has 0 radical (unpaired) electrons. The lowest BCUT2D eigenvalue weighted by atomic mass is 9.99. The van der Waals surface area contributed by atoms with Gasteiger partial charge in [0.2, 0.25) is 0 Å². The van der Waals surface area contributed by atoms with E-state index >= 15 is 0 Å². The maximum absolute atomic E-state index is 7.67. The average molecular weight is 288 g/mol. The second kappa shape index (κ2) is 6.58. The van der Waals surface area contributed by atoms with Crippen LogP contribution in [0.15, 0.2) is 30.3 Å². The number of amidine groups is 1. The Morgan fingerprint density at radius 2 is 1.71 bits per heavy atom. The van der Waals surface area contributed by atoms with Gasteiger partial charge in [0.1, 0.15) is 0 Å². The van der Waals surface area contributed by atoms with Gasteiger partial charge in [-0.3, -0.25) is 15.2 Å². The summed E-state index contributed by atoms with van der Waals surface area (Å²) in [5, 5.41) is 7.67. The van der Waals surface area contributed by atoms with Crippen LogP contribution < -0.4 is 5.73 Å². The van der Waals surface area contributed by atoms with Gasteiger partial charge < -0.3 is 5.73 Å². The number of piperazine rings is 1. The Bertz CT molecular complexity index is 455. The van der Waals surface area contributed by atoms with Crippen molar-refractivity contribution in [3.8, 4) is 0 Å². The van der Waals surface area contributed by atoms with Gasteiger partial charge in [-0.2, -0.15) is 0 Å². The molecule has 4 heteroatoms. The average Bonchev–Trinajstić information content (AvgIpc) is 2.45. The summed E-state index contributed by atoms with van der Waals surface area (Å²) in [5.74, 6) is 0.266. The van der Waals surface area contributed by atoms with Gasteiger partial charge >= 0.3 is 0 Å². The van der Waals surface area contributed by atoms with Crippen LogP contribution in [-0.2, 0) is 0 Å². The molecular formula is C17H28N4. The van der Waals surface area contributed by atoms with Crippen LogP contribution in [-0.4, -0.2) is 47.4 Å². The molecule has 0 aromatic heterocycles. The van der Waals surface area contributed by atoms with Crippen LogP contribution in [0.2, 0.25) is 0 Å². The largest absolute Gasteiger partial charge is 0.388 e. The van der Waals surface area contributed by atoms with Crippen LogP contribution in [0.4, 0.5) is 0 Å². The van der Waals surface area contributed by atoms with Gasteiger partial charge in [-0.05, 0) is 26.3 Å². The standard InChI is InChI=1S/C17H28N4/c1-17(2,3)21-11-9-20(10-12-21)15(13-16(18)19)14-7-5-4-6-8-14/h4-8,15H,9-13H2,1-3H3,(H3,18,19). The molecule has 1 unspecified atom stereocenters. The minimum Gasteiger partial charge on any atom is -0.388 e. The number of nitrogens with two attached hydrogens (primary N) is 1. The minimum absolute atomic E-state index is 0.228. The number of hydrogen-bond acceptors (Lipinski definition) is 3. The lowest BCUT2D eigenvalue weighted by Crippen LogP contribution is -2.54. The first-order valence-electron chi connectivity index (χ1n) is 7.75. The zero-order chi connectivity index (χ0) is 15.5. The van der Waals surface area contributed by atoms with E-state index in [-0.39, 0.29) is 17.4 Å². The molecule has 1 saturated heterocycles. The first-order valence-corrected chi connectivity index (χ1v) is 7.75. The molecule has 1 fully saturated rings. The Balaban J connectivity index is 2.08. The first kappa shape index (κ1) is 16.0. The summed E-state index contributed by atoms with van der Waals surface area (Å²) in [7, 11) is 0. The first-order chi connectivity index (χ1) is 9.88. The number of nitrogens with one attached hydrogen (secondary N) is 1. The Morgan fingerprint density at radius 3 is 2.19 bits per heavy atom. The van der Waals surface area contributed by atoms with Gasteiger partial charge in [-0.25, -0.2) is 0 Å². The smallest absolute Gasteiger partial charge is 0.0924 e. The zero-order valence-electron chi connectivity index (χ0n) is 13.5. The second-order valence-electron chi connectivity index (χ2n) is 6.85. The summed E-state index contributed by atoms with van der Waals surface area (Å²) in [5.41, 5.74) is 7.17. The van der Waals surface area contributed by atoms with Crippen molar-refractivity contribution in [3.63, 3.8) is 0 Å². The maximum atomic E-state index is 7.67. The molecule has 1 atom stereocenters. The topological polar surface area (TPSA) is 56.4 Å². The molecule has 0 bridgehead atoms. The van der Waals surface area contributed by atoms with E-state index in [9.17, 15) is 0 Å². The van der Waals surface area contributed by atoms with Gasteiger partial charge in [-0.15, -0.1) is 0 Å². The quantitative estimate of drug-likeness (QED) is 0.661. The highest BCUT2D eigenvalue weighted by molar-refractivity contribution is 5.77. The Hall–Kier alpha value is -1.39. The highest BCUT2D eigenvalue weighted by Gasteiger charge is 2.29. The number of benzene rings is 1. The zero-order valence-corrected chi connectivity index (χ0v) is 13.5. The molecule has 116 valence electrons. The summed E-state index contributed by atoms with van der Waals surface area (Å²) < 4.78 is 0. The highest BCUT2D eigenvalue weighted by Crippen LogP contribution is 2.27. The van der Waals surface area contributed by atoms with E-state index in [0.717, 1.165) is 26.2 Å². The van der Waals surface area contributed by atoms with Crippen LogP contribution in [0, 0.1) is 5.41 Å². The van der Waals surface area contributed by atoms with E-state index in [2.05, 4.69) is 54.8 Å². The van der Waals surface area contributed by atoms with Gasteiger partial charge in [0.15, 0.2) is 0 Å². The molecule has 0 amide bonds. The summed E-state index contributed by atoms with van der Waals surface area (Å²) in [6.45, 7) is 11.0. The van der Waals surface area contributed by atoms with E-state index in [1.807, 2.05) is 6.07 Å². The summed E-state index contributed by atoms with van der Waals surface area (Å²) in [6, 6.07) is 10.7. The second-order valence-corrected chi connectivity index (χ2v) is 6.85. The Morgan fingerprint density at radius 1 is 1.14 bits per heavy atom. The molecule has 21 heavy (non-hydrogen) atoms. The predicted octanol–water partition coefficient (Wildman–Crippen LogP) is 2.47. The fourth-order valence-corrected chi connectivity index (χ4v) is 3.05. The molecule has 1 aliphatic rings. The van der Waals surface area contributed by atoms with Crippen molar-refractivity contribution in [2.75, 3.05) is 26.2 Å². The van der Waals surface area contributed by atoms with Crippen molar-refractivity contribution in [2.24, 2.45) is 5.73 Å². The van der Waals surface area contributed by atoms with E-state index in [1.165, 1.54) is 5.56 Å². The lowest BCUT2D eigenvalue weighted by Gasteiger charge is -2.44. The third-order valence-corrected chi connectivity index (χ3v) is 4.30. The molecule has 2 rings (SSSR count). The summed E-state index contributed by atoms with van der Waals surface area (Å²) in [6.07, 6.45) is 0.611. The van der Waals surface area contributed by atoms with E-state index in [1.54, 1.807) is 0 Å². The van der Waals surface area contributed by atoms with Crippen LogP contribution in [0.1, 0.15) is 38.8 Å². The molecule has 0 saturated carbocycles. The highest BCUT2D eigenvalue weighted by atomic mass is 15.3. The molecule has 1 heterocycles. The molecular weight excluding hydrogens is 260 g/mol. The van der Waals surface area contributed by atoms with Crippen molar-refractivity contribution in [3.05, 3.63) is 35.9 Å². The molecule has 1 aromatic rings. The molecule has 1 aliphatic heterocycles. The fourth-order valence-electron chi connectivity index (χ4n) is 3.05. The van der Waals surface area contributed by atoms with Crippen molar-refractivity contribution >= 4 is 5.84 Å². The van der Waals surface area contributed by atoms with Gasteiger partial charge in [0, 0.05) is 44.2 Å². The van der Waals surface area contributed by atoms with E-state index in [0.29, 0.717) is 6.42 Å². The van der Waals surface area contributed by atoms with Gasteiger partial charge in [0.05, 0.1) is 5.84 Å². The minimum atomic E-state index is 0.228. The fraction of sp³-hybridized carbons (Fsp3) is 0.588. The monoisotopic (exact) mass is 288 g/mol. The lowest BCUT2D eigenvalue weighted by molar-refractivity contribution is 0.0429. The third-order valence-electron chi connectivity index (χ3n) is 4.30. The van der Waals surface area contributed by atoms with Crippen molar-refractivity contribution in [1.82, 2.24) is 9.80 Å². The molecule has 3 N–H and O–H groups in total. The van der Waals surface area contributed by atoms with E-state index < -0.39 is 0 Å². The maximum Gasteiger partial charge on any atom is 0.0924 e. The predicted molar refractivity (Wildman–Crippen MR) is 88.6 cm³/mol. The summed E-state index contributed by atoms with van der Waals surface area (Å²) >= 11 is 0. The van der Waals surface area contributed by atoms with Crippen LogP contribution in [0.3, 0.4) is 0 Å². The van der Waals surface area contributed by atoms with Crippen molar-refractivity contribution in [2.45, 2.75) is 38.8 Å². The van der Waals surface area contributed by atoms with Gasteiger partial charge in [-0.1, -0.05) is 30.3 Å². The van der Waals surface area contributed by atoms with Crippen LogP contribution in [0.5, 0.6) is 0 Å². The van der Waals surface area contributed by atoms with Crippen molar-refractivity contribution in [1.29, 1.82) is 5.41 Å². The number of hydrogen-bond donors (Lipinski definition) is 2. The van der Waals surface area contributed by atoms with Gasteiger partial charge in [0.25, 0.3) is 0 Å². The van der Waals surface area contributed by atoms with Crippen molar-refractivity contribution < 1.29 is 0 Å². The Labute approximate surface area is 128 Å². The third kappa shape index (κ3) is 4.29. The molecule has 0 aliphatic carbocycles. The molecule has 1 aromatic carbocycles. The normalized spacial score (nSPS) is 19.4. The summed E-state index contributed by atoms with van der Waals surface area (Å²) in [4.78, 5) is 5.00.